The molecule has 2 aromatic carbocycles. The van der Waals surface area contributed by atoms with Crippen LogP contribution in [0.1, 0.15) is 37.5 Å². The van der Waals surface area contributed by atoms with Crippen LogP contribution in [0, 0.1) is 13.8 Å². The molecule has 140 valence electrons. The van der Waals surface area contributed by atoms with Gasteiger partial charge in [0.05, 0.1) is 0 Å². The van der Waals surface area contributed by atoms with Gasteiger partial charge in [0.15, 0.2) is 6.10 Å². The zero-order valence-corrected chi connectivity index (χ0v) is 16.5. The van der Waals surface area contributed by atoms with Crippen LogP contribution in [0.3, 0.4) is 0 Å². The van der Waals surface area contributed by atoms with Crippen molar-refractivity contribution in [2.75, 3.05) is 18.0 Å². The monoisotopic (exact) mass is 354 g/mol. The zero-order chi connectivity index (χ0) is 19.1. The quantitative estimate of drug-likeness (QED) is 0.771. The van der Waals surface area contributed by atoms with Gasteiger partial charge < -0.3 is 15.0 Å². The average Bonchev–Trinajstić information content (AvgIpc) is 2.64. The second kappa shape index (κ2) is 9.27. The lowest BCUT2D eigenvalue weighted by atomic mass is 10.1. The summed E-state index contributed by atoms with van der Waals surface area (Å²) in [6.07, 6.45) is -0.535. The summed E-state index contributed by atoms with van der Waals surface area (Å²) in [5.74, 6) is 0.607. The van der Waals surface area contributed by atoms with Crippen LogP contribution in [0.4, 0.5) is 5.69 Å². The molecule has 0 saturated carbocycles. The van der Waals surface area contributed by atoms with Gasteiger partial charge >= 0.3 is 0 Å². The number of carbonyl (C=O) groups excluding carboxylic acids is 1. The maximum atomic E-state index is 12.3. The normalized spacial score (nSPS) is 11.7. The topological polar surface area (TPSA) is 41.6 Å². The fourth-order valence-corrected chi connectivity index (χ4v) is 2.79. The molecule has 2 rings (SSSR count). The third kappa shape index (κ3) is 5.25. The van der Waals surface area contributed by atoms with E-state index < -0.39 is 6.10 Å². The highest BCUT2D eigenvalue weighted by atomic mass is 16.5. The van der Waals surface area contributed by atoms with E-state index in [1.165, 1.54) is 11.3 Å². The summed E-state index contributed by atoms with van der Waals surface area (Å²) < 4.78 is 5.76. The minimum Gasteiger partial charge on any atom is -0.481 e. The molecule has 0 bridgehead atoms. The molecule has 0 aromatic heterocycles. The smallest absolute Gasteiger partial charge is 0.261 e. The first-order chi connectivity index (χ1) is 12.4. The van der Waals surface area contributed by atoms with Crippen molar-refractivity contribution in [3.63, 3.8) is 0 Å². The number of benzene rings is 2. The standard InChI is InChI=1S/C22H30N2O2/c1-6-24(7-2)20-11-9-19(10-12-20)15-23-22(25)18(5)26-21-13-8-16(3)17(4)14-21/h8-14,18H,6-7,15H2,1-5H3,(H,23,25). The van der Waals surface area contributed by atoms with Crippen molar-refractivity contribution in [2.45, 2.75) is 47.3 Å². The largest absolute Gasteiger partial charge is 0.481 e. The Balaban J connectivity index is 1.88. The lowest BCUT2D eigenvalue weighted by molar-refractivity contribution is -0.127. The fraction of sp³-hybridized carbons (Fsp3) is 0.409. The van der Waals surface area contributed by atoms with Gasteiger partial charge in [-0.05, 0) is 75.6 Å². The van der Waals surface area contributed by atoms with E-state index in [2.05, 4.69) is 55.3 Å². The molecule has 0 heterocycles. The predicted molar refractivity (Wildman–Crippen MR) is 108 cm³/mol. The van der Waals surface area contributed by atoms with Crippen LogP contribution >= 0.6 is 0 Å². The van der Waals surface area contributed by atoms with Crippen LogP contribution in [0.2, 0.25) is 0 Å². The second-order valence-electron chi connectivity index (χ2n) is 6.56. The first-order valence-corrected chi connectivity index (χ1v) is 9.30. The molecule has 26 heavy (non-hydrogen) atoms. The van der Waals surface area contributed by atoms with Gasteiger partial charge in [0.25, 0.3) is 5.91 Å². The van der Waals surface area contributed by atoms with E-state index in [0.717, 1.165) is 30.0 Å². The highest BCUT2D eigenvalue weighted by Crippen LogP contribution is 2.18. The van der Waals surface area contributed by atoms with Gasteiger partial charge in [-0.2, -0.15) is 0 Å². The molecule has 4 nitrogen and oxygen atoms in total. The number of carbonyl (C=O) groups is 1. The molecule has 0 saturated heterocycles. The summed E-state index contributed by atoms with van der Waals surface area (Å²) in [5.41, 5.74) is 4.65. The minimum atomic E-state index is -0.535. The van der Waals surface area contributed by atoms with Crippen LogP contribution in [-0.4, -0.2) is 25.1 Å². The van der Waals surface area contributed by atoms with E-state index in [4.69, 9.17) is 4.74 Å². The van der Waals surface area contributed by atoms with Gasteiger partial charge in [0, 0.05) is 25.3 Å². The number of ether oxygens (including phenoxy) is 1. The number of anilines is 1. The van der Waals surface area contributed by atoms with Gasteiger partial charge in [-0.25, -0.2) is 0 Å². The molecule has 1 unspecified atom stereocenters. The Morgan fingerprint density at radius 2 is 1.69 bits per heavy atom. The molecule has 4 heteroatoms. The molecule has 0 aliphatic heterocycles. The molecule has 0 fully saturated rings. The maximum Gasteiger partial charge on any atom is 0.261 e. The van der Waals surface area contributed by atoms with Crippen molar-refractivity contribution in [1.82, 2.24) is 5.32 Å². The van der Waals surface area contributed by atoms with E-state index in [1.807, 2.05) is 25.1 Å². The number of nitrogens with one attached hydrogen (secondary N) is 1. The number of amides is 1. The Morgan fingerprint density at radius 3 is 2.27 bits per heavy atom. The van der Waals surface area contributed by atoms with E-state index in [1.54, 1.807) is 6.92 Å². The molecule has 1 atom stereocenters. The number of aryl methyl sites for hydroxylation is 2. The average molecular weight is 354 g/mol. The molecule has 0 spiro atoms. The molecule has 0 aliphatic carbocycles. The number of nitrogens with zero attached hydrogens (tertiary/aromatic N) is 1. The second-order valence-corrected chi connectivity index (χ2v) is 6.56. The Labute approximate surface area is 157 Å². The van der Waals surface area contributed by atoms with Crippen molar-refractivity contribution in [2.24, 2.45) is 0 Å². The van der Waals surface area contributed by atoms with Gasteiger partial charge in [-0.15, -0.1) is 0 Å². The van der Waals surface area contributed by atoms with Crippen molar-refractivity contribution >= 4 is 11.6 Å². The van der Waals surface area contributed by atoms with Gasteiger partial charge in [0.1, 0.15) is 5.75 Å². The first-order valence-electron chi connectivity index (χ1n) is 9.30. The van der Waals surface area contributed by atoms with Crippen molar-refractivity contribution < 1.29 is 9.53 Å². The summed E-state index contributed by atoms with van der Waals surface area (Å²) in [7, 11) is 0. The zero-order valence-electron chi connectivity index (χ0n) is 16.5. The fourth-order valence-electron chi connectivity index (χ4n) is 2.79. The molecular weight excluding hydrogens is 324 g/mol. The van der Waals surface area contributed by atoms with Gasteiger partial charge in [0.2, 0.25) is 0 Å². The van der Waals surface area contributed by atoms with Gasteiger partial charge in [-0.1, -0.05) is 18.2 Å². The molecule has 1 amide bonds. The highest BCUT2D eigenvalue weighted by Gasteiger charge is 2.14. The van der Waals surface area contributed by atoms with E-state index in [0.29, 0.717) is 6.54 Å². The van der Waals surface area contributed by atoms with Crippen LogP contribution < -0.4 is 15.0 Å². The molecule has 2 aromatic rings. The van der Waals surface area contributed by atoms with E-state index in [-0.39, 0.29) is 5.91 Å². The molecule has 0 aliphatic rings. The Kier molecular flexibility index (Phi) is 7.07. The van der Waals surface area contributed by atoms with Crippen LogP contribution in [0.15, 0.2) is 42.5 Å². The summed E-state index contributed by atoms with van der Waals surface area (Å²) in [6.45, 7) is 12.6. The summed E-state index contributed by atoms with van der Waals surface area (Å²) in [4.78, 5) is 14.6. The molecular formula is C22H30N2O2. The Morgan fingerprint density at radius 1 is 1.04 bits per heavy atom. The summed E-state index contributed by atoms with van der Waals surface area (Å²) >= 11 is 0. The van der Waals surface area contributed by atoms with Crippen LogP contribution in [0.5, 0.6) is 5.75 Å². The van der Waals surface area contributed by atoms with E-state index in [9.17, 15) is 4.79 Å². The number of hydrogen-bond acceptors (Lipinski definition) is 3. The lowest BCUT2D eigenvalue weighted by Gasteiger charge is -2.21. The summed E-state index contributed by atoms with van der Waals surface area (Å²) in [6, 6.07) is 14.2. The van der Waals surface area contributed by atoms with Crippen LogP contribution in [0.25, 0.3) is 0 Å². The number of rotatable bonds is 8. The summed E-state index contributed by atoms with van der Waals surface area (Å²) in [5, 5.41) is 2.94. The maximum absolute atomic E-state index is 12.3. The molecule has 0 radical (unpaired) electrons. The minimum absolute atomic E-state index is 0.115. The van der Waals surface area contributed by atoms with Crippen molar-refractivity contribution in [3.05, 3.63) is 59.2 Å². The van der Waals surface area contributed by atoms with Crippen molar-refractivity contribution in [3.8, 4) is 5.75 Å². The first kappa shape index (κ1) is 19.8. The third-order valence-corrected chi connectivity index (χ3v) is 4.69. The number of hydrogen-bond donors (Lipinski definition) is 1. The SMILES string of the molecule is CCN(CC)c1ccc(CNC(=O)C(C)Oc2ccc(C)c(C)c2)cc1. The third-order valence-electron chi connectivity index (χ3n) is 4.69. The highest BCUT2D eigenvalue weighted by molar-refractivity contribution is 5.80. The Bertz CT molecular complexity index is 721. The molecule has 1 N–H and O–H groups in total. The van der Waals surface area contributed by atoms with Gasteiger partial charge in [-0.3, -0.25) is 4.79 Å². The van der Waals surface area contributed by atoms with Crippen LogP contribution in [-0.2, 0) is 11.3 Å². The van der Waals surface area contributed by atoms with Crippen molar-refractivity contribution in [1.29, 1.82) is 0 Å². The van der Waals surface area contributed by atoms with E-state index >= 15 is 0 Å². The lowest BCUT2D eigenvalue weighted by Crippen LogP contribution is -2.35. The Hall–Kier alpha value is -2.49. The predicted octanol–water partition coefficient (Wildman–Crippen LogP) is 4.23.